The fourth-order valence-electron chi connectivity index (χ4n) is 2.11. The molecule has 4 N–H and O–H groups in total. The molecule has 0 aromatic heterocycles. The van der Waals surface area contributed by atoms with Crippen LogP contribution in [0.15, 0.2) is 24.3 Å². The lowest BCUT2D eigenvalue weighted by atomic mass is 10.1. The predicted octanol–water partition coefficient (Wildman–Crippen LogP) is -0.0250. The van der Waals surface area contributed by atoms with Gasteiger partial charge >= 0.3 is 5.97 Å². The van der Waals surface area contributed by atoms with E-state index >= 15 is 0 Å². The van der Waals surface area contributed by atoms with Crippen LogP contribution < -0.4 is 10.6 Å². The SMILES string of the molecule is O=C(N[C@H](CCO)C(=O)O)[C@@H]1Cc2ccccc2N1. The van der Waals surface area contributed by atoms with E-state index in [2.05, 4.69) is 10.6 Å². The molecule has 1 aliphatic heterocycles. The van der Waals surface area contributed by atoms with E-state index in [4.69, 9.17) is 10.2 Å². The normalized spacial score (nSPS) is 18.3. The fourth-order valence-corrected chi connectivity index (χ4v) is 2.11. The highest BCUT2D eigenvalue weighted by atomic mass is 16.4. The zero-order valence-corrected chi connectivity index (χ0v) is 10.3. The first-order chi connectivity index (χ1) is 9.11. The Kier molecular flexibility index (Phi) is 4.01. The molecule has 2 rings (SSSR count). The summed E-state index contributed by atoms with van der Waals surface area (Å²) >= 11 is 0. The van der Waals surface area contributed by atoms with Crippen molar-refractivity contribution >= 4 is 17.6 Å². The molecule has 2 atom stereocenters. The van der Waals surface area contributed by atoms with Crippen molar-refractivity contribution in [3.63, 3.8) is 0 Å². The molecular weight excluding hydrogens is 248 g/mol. The van der Waals surface area contributed by atoms with Crippen molar-refractivity contribution in [2.75, 3.05) is 11.9 Å². The summed E-state index contributed by atoms with van der Waals surface area (Å²) in [5.74, 6) is -1.50. The van der Waals surface area contributed by atoms with Crippen LogP contribution in [-0.2, 0) is 16.0 Å². The molecule has 0 radical (unpaired) electrons. The molecule has 1 aromatic rings. The van der Waals surface area contributed by atoms with Gasteiger partial charge in [-0.2, -0.15) is 0 Å². The largest absolute Gasteiger partial charge is 0.480 e. The number of aliphatic hydroxyl groups is 1. The molecule has 6 heteroatoms. The molecule has 1 aromatic carbocycles. The first-order valence-corrected chi connectivity index (χ1v) is 6.10. The number of carbonyl (C=O) groups is 2. The lowest BCUT2D eigenvalue weighted by Crippen LogP contribution is -2.47. The average molecular weight is 264 g/mol. The van der Waals surface area contributed by atoms with E-state index < -0.39 is 18.1 Å². The third kappa shape index (κ3) is 3.03. The number of amides is 1. The van der Waals surface area contributed by atoms with Gasteiger partial charge in [0.05, 0.1) is 0 Å². The summed E-state index contributed by atoms with van der Waals surface area (Å²) in [7, 11) is 0. The second-order valence-electron chi connectivity index (χ2n) is 4.47. The van der Waals surface area contributed by atoms with Gasteiger partial charge in [-0.15, -0.1) is 0 Å². The zero-order chi connectivity index (χ0) is 13.8. The number of carboxylic acid groups (broad SMARTS) is 1. The van der Waals surface area contributed by atoms with E-state index in [1.54, 1.807) is 0 Å². The van der Waals surface area contributed by atoms with Crippen LogP contribution in [0.2, 0.25) is 0 Å². The van der Waals surface area contributed by atoms with Crippen LogP contribution in [0.5, 0.6) is 0 Å². The van der Waals surface area contributed by atoms with Crippen molar-refractivity contribution in [3.8, 4) is 0 Å². The smallest absolute Gasteiger partial charge is 0.326 e. The topological polar surface area (TPSA) is 98.7 Å². The first-order valence-electron chi connectivity index (χ1n) is 6.10. The summed E-state index contributed by atoms with van der Waals surface area (Å²) in [6.45, 7) is -0.282. The van der Waals surface area contributed by atoms with E-state index in [-0.39, 0.29) is 18.9 Å². The van der Waals surface area contributed by atoms with Gasteiger partial charge < -0.3 is 20.8 Å². The predicted molar refractivity (Wildman–Crippen MR) is 68.8 cm³/mol. The second kappa shape index (κ2) is 5.71. The van der Waals surface area contributed by atoms with Gasteiger partial charge in [-0.05, 0) is 11.6 Å². The van der Waals surface area contributed by atoms with Gasteiger partial charge in [0.15, 0.2) is 0 Å². The van der Waals surface area contributed by atoms with Crippen molar-refractivity contribution in [1.82, 2.24) is 5.32 Å². The van der Waals surface area contributed by atoms with Crippen LogP contribution in [0.3, 0.4) is 0 Å². The Balaban J connectivity index is 1.97. The molecule has 1 aliphatic rings. The Hall–Kier alpha value is -2.08. The average Bonchev–Trinajstić information content (AvgIpc) is 2.81. The molecule has 0 bridgehead atoms. The highest BCUT2D eigenvalue weighted by molar-refractivity contribution is 5.90. The number of aliphatic carboxylic acids is 1. The number of hydrogen-bond donors (Lipinski definition) is 4. The van der Waals surface area contributed by atoms with Gasteiger partial charge in [0, 0.05) is 25.1 Å². The Morgan fingerprint density at radius 2 is 2.16 bits per heavy atom. The molecule has 1 amide bonds. The van der Waals surface area contributed by atoms with Gasteiger partial charge in [-0.1, -0.05) is 18.2 Å². The molecule has 102 valence electrons. The quantitative estimate of drug-likeness (QED) is 0.599. The lowest BCUT2D eigenvalue weighted by Gasteiger charge is -2.17. The van der Waals surface area contributed by atoms with Gasteiger partial charge in [-0.25, -0.2) is 4.79 Å². The van der Waals surface area contributed by atoms with E-state index in [0.717, 1.165) is 11.3 Å². The third-order valence-corrected chi connectivity index (χ3v) is 3.12. The van der Waals surface area contributed by atoms with Crippen LogP contribution in [0.25, 0.3) is 0 Å². The minimum atomic E-state index is -1.14. The number of carbonyl (C=O) groups excluding carboxylic acids is 1. The third-order valence-electron chi connectivity index (χ3n) is 3.12. The van der Waals surface area contributed by atoms with E-state index in [1.165, 1.54) is 0 Å². The van der Waals surface area contributed by atoms with Crippen molar-refractivity contribution in [1.29, 1.82) is 0 Å². The van der Waals surface area contributed by atoms with Crippen molar-refractivity contribution in [2.45, 2.75) is 24.9 Å². The zero-order valence-electron chi connectivity index (χ0n) is 10.3. The highest BCUT2D eigenvalue weighted by Gasteiger charge is 2.29. The van der Waals surface area contributed by atoms with Crippen molar-refractivity contribution < 1.29 is 19.8 Å². The summed E-state index contributed by atoms with van der Waals surface area (Å²) in [5, 5.41) is 23.2. The number of rotatable bonds is 5. The van der Waals surface area contributed by atoms with Crippen molar-refractivity contribution in [3.05, 3.63) is 29.8 Å². The summed E-state index contributed by atoms with van der Waals surface area (Å²) in [6, 6.07) is 6.06. The Bertz CT molecular complexity index is 464. The standard InChI is InChI=1S/C13H16N2O4/c16-6-5-10(13(18)19)15-12(17)11-7-8-3-1-2-4-9(8)14-11/h1-4,10-11,14,16H,5-7H2,(H,15,17)(H,18,19)/t10-,11+/m1/s1. The first kappa shape index (κ1) is 13.4. The number of anilines is 1. The van der Waals surface area contributed by atoms with Crippen LogP contribution in [0.4, 0.5) is 5.69 Å². The number of aliphatic hydroxyl groups excluding tert-OH is 1. The number of hydrogen-bond acceptors (Lipinski definition) is 4. The minimum Gasteiger partial charge on any atom is -0.480 e. The number of para-hydroxylation sites is 1. The van der Waals surface area contributed by atoms with Crippen LogP contribution in [0.1, 0.15) is 12.0 Å². The Labute approximate surface area is 110 Å². The number of carboxylic acids is 1. The molecule has 0 saturated heterocycles. The van der Waals surface area contributed by atoms with E-state index in [0.29, 0.717) is 6.42 Å². The molecule has 6 nitrogen and oxygen atoms in total. The number of nitrogens with one attached hydrogen (secondary N) is 2. The molecule has 0 fully saturated rings. The molecule has 0 aliphatic carbocycles. The van der Waals surface area contributed by atoms with Gasteiger partial charge in [0.2, 0.25) is 5.91 Å². The fraction of sp³-hybridized carbons (Fsp3) is 0.385. The Morgan fingerprint density at radius 1 is 1.42 bits per heavy atom. The minimum absolute atomic E-state index is 0.000736. The monoisotopic (exact) mass is 264 g/mol. The Morgan fingerprint density at radius 3 is 2.79 bits per heavy atom. The molecule has 0 spiro atoms. The highest BCUT2D eigenvalue weighted by Crippen LogP contribution is 2.25. The maximum Gasteiger partial charge on any atom is 0.326 e. The summed E-state index contributed by atoms with van der Waals surface area (Å²) in [6.07, 6.45) is 0.536. The summed E-state index contributed by atoms with van der Waals surface area (Å²) in [5.41, 5.74) is 1.94. The maximum atomic E-state index is 12.0. The van der Waals surface area contributed by atoms with Gasteiger partial charge in [0.25, 0.3) is 0 Å². The van der Waals surface area contributed by atoms with Gasteiger partial charge in [-0.3, -0.25) is 4.79 Å². The maximum absolute atomic E-state index is 12.0. The summed E-state index contributed by atoms with van der Waals surface area (Å²) < 4.78 is 0. The molecule has 19 heavy (non-hydrogen) atoms. The second-order valence-corrected chi connectivity index (χ2v) is 4.47. The van der Waals surface area contributed by atoms with Gasteiger partial charge in [0.1, 0.15) is 12.1 Å². The molecule has 0 saturated carbocycles. The summed E-state index contributed by atoms with van der Waals surface area (Å²) in [4.78, 5) is 22.9. The molecule has 0 unspecified atom stereocenters. The number of benzene rings is 1. The number of fused-ring (bicyclic) bond motifs is 1. The van der Waals surface area contributed by atoms with Crippen molar-refractivity contribution in [2.24, 2.45) is 0 Å². The molecular formula is C13H16N2O4. The molecule has 1 heterocycles. The van der Waals surface area contributed by atoms with Crippen LogP contribution in [0, 0.1) is 0 Å². The van der Waals surface area contributed by atoms with E-state index in [9.17, 15) is 9.59 Å². The van der Waals surface area contributed by atoms with E-state index in [1.807, 2.05) is 24.3 Å². The lowest BCUT2D eigenvalue weighted by molar-refractivity contribution is -0.142. The van der Waals surface area contributed by atoms with Crippen LogP contribution in [-0.4, -0.2) is 40.8 Å². The van der Waals surface area contributed by atoms with Crippen LogP contribution >= 0.6 is 0 Å².